The van der Waals surface area contributed by atoms with Gasteiger partial charge in [-0.25, -0.2) is 4.68 Å². The summed E-state index contributed by atoms with van der Waals surface area (Å²) in [6.07, 6.45) is 0.964. The number of hydrogen-bond donors (Lipinski definition) is 1. The minimum absolute atomic E-state index is 0. The molecule has 1 aliphatic rings. The number of amides is 1. The topological polar surface area (TPSA) is 72.3 Å². The molecule has 0 aliphatic carbocycles. The van der Waals surface area contributed by atoms with Crippen molar-refractivity contribution >= 4 is 18.3 Å². The van der Waals surface area contributed by atoms with E-state index in [1.165, 1.54) is 16.8 Å². The Labute approximate surface area is 162 Å². The van der Waals surface area contributed by atoms with Gasteiger partial charge in [0, 0.05) is 13.1 Å². The summed E-state index contributed by atoms with van der Waals surface area (Å²) in [6, 6.07) is 6.03. The number of ether oxygens (including phenoxy) is 1. The molecule has 0 bridgehead atoms. The Morgan fingerprint density at radius 2 is 2.07 bits per heavy atom. The lowest BCUT2D eigenvalue weighted by Gasteiger charge is -2.15. The van der Waals surface area contributed by atoms with E-state index in [4.69, 9.17) is 0 Å². The molecular weight excluding hydrogens is 380 g/mol. The minimum atomic E-state index is -2.87. The standard InChI is InChI=1S/C17H21F2N5O2.ClH/c1-11-15(16(25)23-8-7-12(10-23)9-20-2)21-22-24(11)13-3-5-14(6-4-13)26-17(18)19;/h3-6,12,17,20H,7-10H2,1-2H3;1H. The zero-order valence-corrected chi connectivity index (χ0v) is 15.9. The van der Waals surface area contributed by atoms with Gasteiger partial charge in [0.05, 0.1) is 11.4 Å². The maximum absolute atomic E-state index is 12.7. The molecule has 7 nitrogen and oxygen atoms in total. The van der Waals surface area contributed by atoms with Crippen LogP contribution < -0.4 is 10.1 Å². The fourth-order valence-corrected chi connectivity index (χ4v) is 3.16. The second kappa shape index (κ2) is 9.09. The van der Waals surface area contributed by atoms with E-state index in [2.05, 4.69) is 20.4 Å². The first-order chi connectivity index (χ1) is 12.5. The summed E-state index contributed by atoms with van der Waals surface area (Å²) in [6.45, 7) is 1.17. The van der Waals surface area contributed by atoms with Crippen LogP contribution in [0.25, 0.3) is 5.69 Å². The van der Waals surface area contributed by atoms with E-state index in [9.17, 15) is 13.6 Å². The van der Waals surface area contributed by atoms with Crippen LogP contribution in [0.3, 0.4) is 0 Å². The summed E-state index contributed by atoms with van der Waals surface area (Å²) in [4.78, 5) is 14.5. The highest BCUT2D eigenvalue weighted by molar-refractivity contribution is 5.93. The van der Waals surface area contributed by atoms with Crippen molar-refractivity contribution in [2.45, 2.75) is 20.0 Å². The molecule has 2 heterocycles. The fraction of sp³-hybridized carbons (Fsp3) is 0.471. The van der Waals surface area contributed by atoms with Crippen LogP contribution in [-0.4, -0.2) is 59.1 Å². The molecule has 27 heavy (non-hydrogen) atoms. The fourth-order valence-electron chi connectivity index (χ4n) is 3.16. The van der Waals surface area contributed by atoms with Crippen LogP contribution in [0.2, 0.25) is 0 Å². The van der Waals surface area contributed by atoms with Gasteiger partial charge in [0.25, 0.3) is 5.91 Å². The quantitative estimate of drug-likeness (QED) is 0.804. The molecule has 2 aromatic rings. The molecule has 1 saturated heterocycles. The summed E-state index contributed by atoms with van der Waals surface area (Å²) in [5, 5.41) is 11.2. The van der Waals surface area contributed by atoms with Gasteiger partial charge in [-0.2, -0.15) is 8.78 Å². The van der Waals surface area contributed by atoms with Crippen LogP contribution in [0.4, 0.5) is 8.78 Å². The van der Waals surface area contributed by atoms with Crippen molar-refractivity contribution in [3.05, 3.63) is 35.7 Å². The van der Waals surface area contributed by atoms with Gasteiger partial charge in [0.2, 0.25) is 0 Å². The molecule has 0 radical (unpaired) electrons. The van der Waals surface area contributed by atoms with Crippen LogP contribution >= 0.6 is 12.4 Å². The number of carbonyl (C=O) groups is 1. The molecular formula is C17H22ClF2N5O2. The first kappa shape index (κ1) is 21.0. The maximum atomic E-state index is 12.7. The summed E-state index contributed by atoms with van der Waals surface area (Å²) in [5.41, 5.74) is 1.53. The molecule has 3 rings (SSSR count). The van der Waals surface area contributed by atoms with E-state index in [0.717, 1.165) is 13.0 Å². The third-order valence-corrected chi connectivity index (χ3v) is 4.47. The first-order valence-corrected chi connectivity index (χ1v) is 8.41. The van der Waals surface area contributed by atoms with Gasteiger partial charge in [-0.1, -0.05) is 5.21 Å². The zero-order chi connectivity index (χ0) is 18.7. The number of hydrogen-bond acceptors (Lipinski definition) is 5. The first-order valence-electron chi connectivity index (χ1n) is 8.41. The molecule has 1 aromatic carbocycles. The molecule has 1 aliphatic heterocycles. The number of benzene rings is 1. The van der Waals surface area contributed by atoms with E-state index >= 15 is 0 Å². The Bertz CT molecular complexity index is 769. The molecule has 148 valence electrons. The van der Waals surface area contributed by atoms with Crippen molar-refractivity contribution in [2.24, 2.45) is 5.92 Å². The molecule has 1 unspecified atom stereocenters. The smallest absolute Gasteiger partial charge is 0.387 e. The summed E-state index contributed by atoms with van der Waals surface area (Å²) >= 11 is 0. The van der Waals surface area contributed by atoms with Crippen molar-refractivity contribution in [1.82, 2.24) is 25.2 Å². The van der Waals surface area contributed by atoms with E-state index in [-0.39, 0.29) is 24.1 Å². The number of halogens is 3. The highest BCUT2D eigenvalue weighted by atomic mass is 35.5. The third-order valence-electron chi connectivity index (χ3n) is 4.47. The van der Waals surface area contributed by atoms with Crippen LogP contribution in [0, 0.1) is 12.8 Å². The van der Waals surface area contributed by atoms with Crippen molar-refractivity contribution in [2.75, 3.05) is 26.7 Å². The number of nitrogens with zero attached hydrogens (tertiary/aromatic N) is 4. The maximum Gasteiger partial charge on any atom is 0.387 e. The van der Waals surface area contributed by atoms with E-state index in [1.54, 1.807) is 24.0 Å². The Kier molecular flexibility index (Phi) is 7.09. The Morgan fingerprint density at radius 1 is 1.37 bits per heavy atom. The predicted octanol–water partition coefficient (Wildman–Crippen LogP) is 2.28. The largest absolute Gasteiger partial charge is 0.435 e. The van der Waals surface area contributed by atoms with Crippen molar-refractivity contribution in [1.29, 1.82) is 0 Å². The number of alkyl halides is 2. The number of rotatable bonds is 6. The molecule has 1 atom stereocenters. The van der Waals surface area contributed by atoms with E-state index < -0.39 is 6.61 Å². The summed E-state index contributed by atoms with van der Waals surface area (Å²) < 4.78 is 30.3. The average molecular weight is 402 g/mol. The molecule has 1 amide bonds. The number of carbonyl (C=O) groups excluding carboxylic acids is 1. The Hall–Kier alpha value is -2.26. The van der Waals surface area contributed by atoms with Crippen molar-refractivity contribution in [3.63, 3.8) is 0 Å². The lowest BCUT2D eigenvalue weighted by atomic mass is 10.1. The second-order valence-electron chi connectivity index (χ2n) is 6.27. The molecule has 0 saturated carbocycles. The highest BCUT2D eigenvalue weighted by Gasteiger charge is 2.29. The Balaban J connectivity index is 0.00000261. The normalized spacial score (nSPS) is 16.5. The third kappa shape index (κ3) is 4.72. The van der Waals surface area contributed by atoms with Gasteiger partial charge in [0.1, 0.15) is 5.75 Å². The van der Waals surface area contributed by atoms with Gasteiger partial charge in [-0.3, -0.25) is 4.79 Å². The van der Waals surface area contributed by atoms with Crippen molar-refractivity contribution < 1.29 is 18.3 Å². The molecule has 1 fully saturated rings. The lowest BCUT2D eigenvalue weighted by molar-refractivity contribution is -0.0498. The van der Waals surface area contributed by atoms with Crippen LogP contribution in [0.1, 0.15) is 22.6 Å². The molecule has 1 N–H and O–H groups in total. The number of aromatic nitrogens is 3. The van der Waals surface area contributed by atoms with Gasteiger partial charge < -0.3 is 15.0 Å². The number of likely N-dealkylation sites (tertiary alicyclic amines) is 1. The monoisotopic (exact) mass is 401 g/mol. The molecule has 0 spiro atoms. The summed E-state index contributed by atoms with van der Waals surface area (Å²) in [5.74, 6) is 0.372. The van der Waals surface area contributed by atoms with Gasteiger partial charge in [-0.05, 0) is 57.1 Å². The minimum Gasteiger partial charge on any atom is -0.435 e. The zero-order valence-electron chi connectivity index (χ0n) is 15.1. The van der Waals surface area contributed by atoms with Gasteiger partial charge >= 0.3 is 6.61 Å². The van der Waals surface area contributed by atoms with Gasteiger partial charge in [-0.15, -0.1) is 17.5 Å². The SMILES string of the molecule is CNCC1CCN(C(=O)c2nnn(-c3ccc(OC(F)F)cc3)c2C)C1.Cl. The van der Waals surface area contributed by atoms with E-state index in [1.807, 2.05) is 7.05 Å². The second-order valence-corrected chi connectivity index (χ2v) is 6.27. The Morgan fingerprint density at radius 3 is 2.70 bits per heavy atom. The van der Waals surface area contributed by atoms with Gasteiger partial charge in [0.15, 0.2) is 5.69 Å². The lowest BCUT2D eigenvalue weighted by Crippen LogP contribution is -2.31. The molecule has 1 aromatic heterocycles. The highest BCUT2D eigenvalue weighted by Crippen LogP contribution is 2.21. The average Bonchev–Trinajstić information content (AvgIpc) is 3.22. The van der Waals surface area contributed by atoms with E-state index in [0.29, 0.717) is 36.1 Å². The van der Waals surface area contributed by atoms with Crippen LogP contribution in [-0.2, 0) is 0 Å². The molecule has 10 heteroatoms. The predicted molar refractivity (Wildman–Crippen MR) is 97.9 cm³/mol. The van der Waals surface area contributed by atoms with Crippen molar-refractivity contribution in [3.8, 4) is 11.4 Å². The summed E-state index contributed by atoms with van der Waals surface area (Å²) in [7, 11) is 1.90. The number of nitrogens with one attached hydrogen (secondary N) is 1. The van der Waals surface area contributed by atoms with Crippen LogP contribution in [0.5, 0.6) is 5.75 Å². The van der Waals surface area contributed by atoms with Crippen LogP contribution in [0.15, 0.2) is 24.3 Å².